The highest BCUT2D eigenvalue weighted by Crippen LogP contribution is 2.40. The highest BCUT2D eigenvalue weighted by Gasteiger charge is 2.18. The van der Waals surface area contributed by atoms with Crippen LogP contribution in [0.4, 0.5) is 0 Å². The first-order chi connectivity index (χ1) is 20.6. The predicted molar refractivity (Wildman–Crippen MR) is 166 cm³/mol. The van der Waals surface area contributed by atoms with E-state index in [1.165, 1.54) is 0 Å². The van der Waals surface area contributed by atoms with Crippen molar-refractivity contribution < 1.29 is 23.7 Å². The van der Waals surface area contributed by atoms with Crippen LogP contribution < -0.4 is 18.9 Å². The molecule has 42 heavy (non-hydrogen) atoms. The van der Waals surface area contributed by atoms with Crippen molar-refractivity contribution in [2.45, 2.75) is 27.2 Å². The highest BCUT2D eigenvalue weighted by atomic mass is 16.7. The van der Waals surface area contributed by atoms with Crippen LogP contribution in [0.3, 0.4) is 0 Å². The van der Waals surface area contributed by atoms with E-state index in [2.05, 4.69) is 43.9 Å². The van der Waals surface area contributed by atoms with Gasteiger partial charge in [0.1, 0.15) is 18.1 Å². The lowest BCUT2D eigenvalue weighted by Crippen LogP contribution is -2.27. The first-order valence-electron chi connectivity index (χ1n) is 14.6. The Bertz CT molecular complexity index is 1510. The largest absolute Gasteiger partial charge is 0.492 e. The molecular weight excluding hydrogens is 526 g/mol. The smallest absolute Gasteiger partial charge is 0.343 e. The molecule has 0 bridgehead atoms. The maximum Gasteiger partial charge on any atom is 0.343 e. The van der Waals surface area contributed by atoms with Gasteiger partial charge < -0.3 is 23.8 Å². The zero-order valence-corrected chi connectivity index (χ0v) is 24.5. The van der Waals surface area contributed by atoms with E-state index >= 15 is 0 Å². The Morgan fingerprint density at radius 3 is 1.98 bits per heavy atom. The van der Waals surface area contributed by atoms with Gasteiger partial charge in [0, 0.05) is 6.54 Å². The summed E-state index contributed by atoms with van der Waals surface area (Å²) in [5, 5.41) is 0. The Hall–Kier alpha value is -4.55. The number of carbonyl (C=O) groups excluding carboxylic acids is 1. The number of rotatable bonds is 12. The normalized spacial score (nSPS) is 12.7. The van der Waals surface area contributed by atoms with Gasteiger partial charge in [-0.05, 0) is 95.9 Å². The van der Waals surface area contributed by atoms with E-state index in [4.69, 9.17) is 18.9 Å². The number of esters is 1. The van der Waals surface area contributed by atoms with Gasteiger partial charge >= 0.3 is 5.97 Å². The second kappa shape index (κ2) is 13.9. The highest BCUT2D eigenvalue weighted by molar-refractivity contribution is 5.99. The monoisotopic (exact) mass is 563 g/mol. The number of allylic oxidation sites excluding steroid dienone is 1. The molecule has 0 atom stereocenters. The van der Waals surface area contributed by atoms with E-state index in [1.807, 2.05) is 66.7 Å². The third-order valence-corrected chi connectivity index (χ3v) is 7.45. The number of hydrogen-bond donors (Lipinski definition) is 0. The van der Waals surface area contributed by atoms with Crippen LogP contribution in [0.1, 0.15) is 54.2 Å². The average Bonchev–Trinajstić information content (AvgIpc) is 3.51. The van der Waals surface area contributed by atoms with Crippen molar-refractivity contribution in [2.24, 2.45) is 0 Å². The number of fused-ring (bicyclic) bond motifs is 1. The second-order valence-corrected chi connectivity index (χ2v) is 9.95. The molecular formula is C36H37NO5. The minimum Gasteiger partial charge on any atom is -0.492 e. The van der Waals surface area contributed by atoms with Crippen molar-refractivity contribution in [1.29, 1.82) is 0 Å². The molecule has 1 aliphatic rings. The van der Waals surface area contributed by atoms with Gasteiger partial charge in [-0.2, -0.15) is 0 Å². The Kier molecular flexibility index (Phi) is 9.57. The summed E-state index contributed by atoms with van der Waals surface area (Å²) in [6.45, 7) is 10.3. The molecule has 0 amide bonds. The van der Waals surface area contributed by atoms with Crippen molar-refractivity contribution in [3.05, 3.63) is 119 Å². The molecule has 0 spiro atoms. The Morgan fingerprint density at radius 1 is 0.714 bits per heavy atom. The molecule has 0 aliphatic carbocycles. The summed E-state index contributed by atoms with van der Waals surface area (Å²) >= 11 is 0. The predicted octanol–water partition coefficient (Wildman–Crippen LogP) is 7.72. The first-order valence-corrected chi connectivity index (χ1v) is 14.6. The van der Waals surface area contributed by atoms with E-state index in [0.717, 1.165) is 71.1 Å². The third kappa shape index (κ3) is 6.84. The molecule has 0 aromatic heterocycles. The molecule has 5 rings (SSSR count). The van der Waals surface area contributed by atoms with Crippen molar-refractivity contribution in [3.63, 3.8) is 0 Å². The van der Waals surface area contributed by atoms with Crippen LogP contribution in [-0.4, -0.2) is 43.9 Å². The van der Waals surface area contributed by atoms with Gasteiger partial charge in [0.15, 0.2) is 11.5 Å². The fraction of sp³-hybridized carbons (Fsp3) is 0.250. The van der Waals surface area contributed by atoms with Crippen LogP contribution >= 0.6 is 0 Å². The third-order valence-electron chi connectivity index (χ3n) is 7.45. The van der Waals surface area contributed by atoms with E-state index in [9.17, 15) is 4.79 Å². The zero-order chi connectivity index (χ0) is 29.3. The van der Waals surface area contributed by atoms with Crippen molar-refractivity contribution in [1.82, 2.24) is 4.90 Å². The Balaban J connectivity index is 1.46. The molecule has 0 saturated heterocycles. The number of carbonyl (C=O) groups is 1. The lowest BCUT2D eigenvalue weighted by Gasteiger charge is -2.19. The molecule has 1 aliphatic heterocycles. The second-order valence-electron chi connectivity index (χ2n) is 9.95. The molecule has 4 aromatic rings. The van der Waals surface area contributed by atoms with Crippen molar-refractivity contribution in [3.8, 4) is 23.0 Å². The quantitative estimate of drug-likeness (QED) is 0.0999. The van der Waals surface area contributed by atoms with Crippen LogP contribution in [0.15, 0.2) is 97.1 Å². The zero-order valence-electron chi connectivity index (χ0n) is 24.5. The SMILES string of the molecule is CC/C(=C(/c1ccc(OCCN(CC)CC)cc1)c1ccc(OC(=O)c2ccccc2)cc1)c1ccc2c(c1)OCO2. The van der Waals surface area contributed by atoms with E-state index in [0.29, 0.717) is 17.9 Å². The lowest BCUT2D eigenvalue weighted by atomic mass is 9.88. The maximum absolute atomic E-state index is 12.6. The van der Waals surface area contributed by atoms with Crippen molar-refractivity contribution in [2.75, 3.05) is 33.0 Å². The van der Waals surface area contributed by atoms with Gasteiger partial charge in [-0.1, -0.05) is 69.3 Å². The molecule has 0 N–H and O–H groups in total. The summed E-state index contributed by atoms with van der Waals surface area (Å²) in [6, 6.07) is 31.0. The van der Waals surface area contributed by atoms with Gasteiger partial charge in [-0.3, -0.25) is 0 Å². The van der Waals surface area contributed by atoms with Crippen LogP contribution in [0.25, 0.3) is 11.1 Å². The van der Waals surface area contributed by atoms with Crippen LogP contribution in [0, 0.1) is 0 Å². The Morgan fingerprint density at radius 2 is 1.33 bits per heavy atom. The van der Waals surface area contributed by atoms with Gasteiger partial charge in [-0.15, -0.1) is 0 Å². The molecule has 1 heterocycles. The number of benzene rings is 4. The van der Waals surface area contributed by atoms with E-state index < -0.39 is 0 Å². The molecule has 6 nitrogen and oxygen atoms in total. The van der Waals surface area contributed by atoms with E-state index in [-0.39, 0.29) is 12.8 Å². The van der Waals surface area contributed by atoms with Crippen LogP contribution in [-0.2, 0) is 0 Å². The molecule has 0 saturated carbocycles. The number of ether oxygens (including phenoxy) is 4. The lowest BCUT2D eigenvalue weighted by molar-refractivity contribution is 0.0734. The fourth-order valence-corrected chi connectivity index (χ4v) is 5.10. The Labute approximate surface area is 248 Å². The minimum absolute atomic E-state index is 0.232. The molecule has 4 aromatic carbocycles. The van der Waals surface area contributed by atoms with Crippen LogP contribution in [0.2, 0.25) is 0 Å². The van der Waals surface area contributed by atoms with Crippen LogP contribution in [0.5, 0.6) is 23.0 Å². The molecule has 0 fully saturated rings. The maximum atomic E-state index is 12.6. The standard InChI is InChI=1S/C36H37NO5/c1-4-32(29-16-21-33-34(24-29)41-25-40-33)35(26-12-17-30(18-13-26)39-23-22-37(5-2)6-3)27-14-19-31(20-15-27)42-36(38)28-10-8-7-9-11-28/h7-21,24H,4-6,22-23,25H2,1-3H3/b35-32+. The topological polar surface area (TPSA) is 57.2 Å². The number of nitrogens with zero attached hydrogens (tertiary/aromatic N) is 1. The number of hydrogen-bond acceptors (Lipinski definition) is 6. The molecule has 0 radical (unpaired) electrons. The summed E-state index contributed by atoms with van der Waals surface area (Å²) in [6.07, 6.45) is 0.793. The fourth-order valence-electron chi connectivity index (χ4n) is 5.10. The molecule has 6 heteroatoms. The van der Waals surface area contributed by atoms with Crippen molar-refractivity contribution >= 4 is 17.1 Å². The van der Waals surface area contributed by atoms with Gasteiger partial charge in [0.2, 0.25) is 6.79 Å². The van der Waals surface area contributed by atoms with Gasteiger partial charge in [0.05, 0.1) is 5.56 Å². The molecule has 216 valence electrons. The first kappa shape index (κ1) is 29.0. The average molecular weight is 564 g/mol. The minimum atomic E-state index is -0.384. The van der Waals surface area contributed by atoms with Gasteiger partial charge in [-0.25, -0.2) is 4.79 Å². The summed E-state index contributed by atoms with van der Waals surface area (Å²) in [7, 11) is 0. The summed E-state index contributed by atoms with van der Waals surface area (Å²) in [5.41, 5.74) is 5.91. The van der Waals surface area contributed by atoms with E-state index in [1.54, 1.807) is 12.1 Å². The summed E-state index contributed by atoms with van der Waals surface area (Å²) < 4.78 is 22.9. The summed E-state index contributed by atoms with van der Waals surface area (Å²) in [5.74, 6) is 2.45. The van der Waals surface area contributed by atoms with Gasteiger partial charge in [0.25, 0.3) is 0 Å². The summed E-state index contributed by atoms with van der Waals surface area (Å²) in [4.78, 5) is 14.9. The molecule has 0 unspecified atom stereocenters. The number of likely N-dealkylation sites (N-methyl/N-ethyl adjacent to an activating group) is 1.